The van der Waals surface area contributed by atoms with Crippen LogP contribution in [0, 0.1) is 11.3 Å². The topological polar surface area (TPSA) is 0 Å². The first-order chi connectivity index (χ1) is 8.14. The summed E-state index contributed by atoms with van der Waals surface area (Å²) in [4.78, 5) is 0. The molecular formula is C17H34. The van der Waals surface area contributed by atoms with E-state index in [2.05, 4.69) is 40.3 Å². The Balaban J connectivity index is 4.05. The molecular weight excluding hydrogens is 204 g/mol. The maximum atomic E-state index is 3.88. The molecule has 0 aliphatic rings. The summed E-state index contributed by atoms with van der Waals surface area (Å²) in [5.41, 5.74) is 0.635. The Morgan fingerprint density at radius 1 is 1.00 bits per heavy atom. The molecule has 0 nitrogen and oxygen atoms in total. The number of allylic oxidation sites excluding steroid dienone is 1. The smallest absolute Gasteiger partial charge is 0.0265 e. The lowest BCUT2D eigenvalue weighted by Gasteiger charge is -2.32. The highest BCUT2D eigenvalue weighted by molar-refractivity contribution is 4.79. The lowest BCUT2D eigenvalue weighted by atomic mass is 9.73. The molecule has 0 spiro atoms. The minimum atomic E-state index is 0.635. The Labute approximate surface area is 110 Å². The van der Waals surface area contributed by atoms with Gasteiger partial charge in [-0.3, -0.25) is 0 Å². The van der Waals surface area contributed by atoms with Gasteiger partial charge in [-0.1, -0.05) is 72.3 Å². The molecule has 0 aromatic rings. The summed E-state index contributed by atoms with van der Waals surface area (Å²) in [7, 11) is 0. The third-order valence-corrected chi connectivity index (χ3v) is 4.58. The molecule has 102 valence electrons. The van der Waals surface area contributed by atoms with Crippen molar-refractivity contribution in [3.63, 3.8) is 0 Å². The van der Waals surface area contributed by atoms with Gasteiger partial charge in [0, 0.05) is 0 Å². The van der Waals surface area contributed by atoms with Crippen molar-refractivity contribution in [1.29, 1.82) is 0 Å². The average molecular weight is 238 g/mol. The minimum Gasteiger partial charge on any atom is -0.103 e. The second kappa shape index (κ2) is 9.74. The van der Waals surface area contributed by atoms with Crippen molar-refractivity contribution in [1.82, 2.24) is 0 Å². The van der Waals surface area contributed by atoms with Gasteiger partial charge in [0.2, 0.25) is 0 Å². The van der Waals surface area contributed by atoms with Crippen molar-refractivity contribution in [3.8, 4) is 0 Å². The van der Waals surface area contributed by atoms with Crippen molar-refractivity contribution in [2.45, 2.75) is 85.5 Å². The molecule has 17 heavy (non-hydrogen) atoms. The minimum absolute atomic E-state index is 0.635. The maximum Gasteiger partial charge on any atom is -0.0265 e. The van der Waals surface area contributed by atoms with Gasteiger partial charge in [-0.25, -0.2) is 0 Å². The van der Waals surface area contributed by atoms with E-state index in [1.54, 1.807) is 0 Å². The fourth-order valence-electron chi connectivity index (χ4n) is 2.75. The first-order valence-electron chi connectivity index (χ1n) is 7.76. The number of unbranched alkanes of at least 4 members (excludes halogenated alkanes) is 2. The monoisotopic (exact) mass is 238 g/mol. The fraction of sp³-hybridized carbons (Fsp3) is 0.882. The molecule has 0 bridgehead atoms. The highest BCUT2D eigenvalue weighted by Crippen LogP contribution is 2.38. The Morgan fingerprint density at radius 3 is 2.06 bits per heavy atom. The van der Waals surface area contributed by atoms with Crippen molar-refractivity contribution >= 4 is 0 Å². The highest BCUT2D eigenvalue weighted by Gasteiger charge is 2.24. The van der Waals surface area contributed by atoms with E-state index in [1.165, 1.54) is 57.8 Å². The molecule has 0 heteroatoms. The molecule has 1 atom stereocenters. The predicted molar refractivity (Wildman–Crippen MR) is 80.4 cm³/mol. The summed E-state index contributed by atoms with van der Waals surface area (Å²) >= 11 is 0. The van der Waals surface area contributed by atoms with E-state index in [9.17, 15) is 0 Å². The van der Waals surface area contributed by atoms with Gasteiger partial charge >= 0.3 is 0 Å². The molecule has 0 aliphatic heterocycles. The number of rotatable bonds is 11. The largest absolute Gasteiger partial charge is 0.103 e. The molecule has 0 saturated heterocycles. The van der Waals surface area contributed by atoms with Gasteiger partial charge in [-0.15, -0.1) is 6.58 Å². The number of hydrogen-bond donors (Lipinski definition) is 0. The van der Waals surface area contributed by atoms with E-state index in [4.69, 9.17) is 0 Å². The summed E-state index contributed by atoms with van der Waals surface area (Å²) in [6, 6.07) is 0. The molecule has 0 N–H and O–H groups in total. The molecule has 0 rings (SSSR count). The lowest BCUT2D eigenvalue weighted by Crippen LogP contribution is -2.19. The quantitative estimate of drug-likeness (QED) is 0.290. The van der Waals surface area contributed by atoms with Crippen LogP contribution in [0.1, 0.15) is 85.5 Å². The fourth-order valence-corrected chi connectivity index (χ4v) is 2.75. The van der Waals surface area contributed by atoms with E-state index in [-0.39, 0.29) is 0 Å². The predicted octanol–water partition coefficient (Wildman–Crippen LogP) is 6.37. The standard InChI is InChI=1S/C17H34/c1-6-10-11-14-17(8-3,9-4)15-12-13-16(5)7-2/h7,16H,2,6,8-15H2,1,3-5H3. The third kappa shape index (κ3) is 6.91. The Hall–Kier alpha value is -0.260. The van der Waals surface area contributed by atoms with Crippen LogP contribution in [0.2, 0.25) is 0 Å². The van der Waals surface area contributed by atoms with Crippen LogP contribution in [-0.2, 0) is 0 Å². The van der Waals surface area contributed by atoms with Gasteiger partial charge in [0.25, 0.3) is 0 Å². The van der Waals surface area contributed by atoms with E-state index in [1.807, 2.05) is 0 Å². The molecule has 0 aliphatic carbocycles. The SMILES string of the molecule is C=CC(C)CCCC(CC)(CC)CCCCC. The van der Waals surface area contributed by atoms with Crippen molar-refractivity contribution in [2.24, 2.45) is 11.3 Å². The van der Waals surface area contributed by atoms with E-state index in [0.29, 0.717) is 11.3 Å². The molecule has 0 aromatic carbocycles. The van der Waals surface area contributed by atoms with Crippen LogP contribution in [0.25, 0.3) is 0 Å². The Bertz CT molecular complexity index is 176. The lowest BCUT2D eigenvalue weighted by molar-refractivity contribution is 0.201. The van der Waals surface area contributed by atoms with Crippen LogP contribution < -0.4 is 0 Å². The van der Waals surface area contributed by atoms with E-state index >= 15 is 0 Å². The van der Waals surface area contributed by atoms with Gasteiger partial charge in [-0.05, 0) is 30.6 Å². The summed E-state index contributed by atoms with van der Waals surface area (Å²) in [5, 5.41) is 0. The normalized spacial score (nSPS) is 13.6. The van der Waals surface area contributed by atoms with Crippen LogP contribution in [-0.4, -0.2) is 0 Å². The second-order valence-electron chi connectivity index (χ2n) is 5.77. The molecule has 1 unspecified atom stereocenters. The van der Waals surface area contributed by atoms with Crippen LogP contribution in [0.5, 0.6) is 0 Å². The summed E-state index contributed by atoms with van der Waals surface area (Å²) in [6.45, 7) is 13.2. The molecule has 0 heterocycles. The van der Waals surface area contributed by atoms with Crippen molar-refractivity contribution in [3.05, 3.63) is 12.7 Å². The van der Waals surface area contributed by atoms with Gasteiger partial charge in [-0.2, -0.15) is 0 Å². The van der Waals surface area contributed by atoms with Crippen LogP contribution in [0.3, 0.4) is 0 Å². The zero-order valence-corrected chi connectivity index (χ0v) is 12.7. The zero-order chi connectivity index (χ0) is 13.1. The average Bonchev–Trinajstić information content (AvgIpc) is 2.37. The van der Waals surface area contributed by atoms with E-state index < -0.39 is 0 Å². The second-order valence-corrected chi connectivity index (χ2v) is 5.77. The Kier molecular flexibility index (Phi) is 9.59. The van der Waals surface area contributed by atoms with Crippen LogP contribution in [0.4, 0.5) is 0 Å². The molecule has 0 saturated carbocycles. The van der Waals surface area contributed by atoms with Gasteiger partial charge in [0.05, 0.1) is 0 Å². The van der Waals surface area contributed by atoms with Crippen LogP contribution in [0.15, 0.2) is 12.7 Å². The number of hydrogen-bond acceptors (Lipinski definition) is 0. The molecule has 0 radical (unpaired) electrons. The Morgan fingerprint density at radius 2 is 1.59 bits per heavy atom. The van der Waals surface area contributed by atoms with Gasteiger partial charge in [0.1, 0.15) is 0 Å². The van der Waals surface area contributed by atoms with Crippen LogP contribution >= 0.6 is 0 Å². The van der Waals surface area contributed by atoms with Crippen molar-refractivity contribution in [2.75, 3.05) is 0 Å². The third-order valence-electron chi connectivity index (χ3n) is 4.58. The van der Waals surface area contributed by atoms with E-state index in [0.717, 1.165) is 0 Å². The molecule has 0 amide bonds. The van der Waals surface area contributed by atoms with Gasteiger partial charge in [0.15, 0.2) is 0 Å². The zero-order valence-electron chi connectivity index (χ0n) is 12.7. The maximum absolute atomic E-state index is 3.88. The molecule has 0 fully saturated rings. The summed E-state index contributed by atoms with van der Waals surface area (Å²) in [5.74, 6) is 0.692. The van der Waals surface area contributed by atoms with Gasteiger partial charge < -0.3 is 0 Å². The molecule has 0 aromatic heterocycles. The summed E-state index contributed by atoms with van der Waals surface area (Å²) in [6.07, 6.45) is 14.5. The highest BCUT2D eigenvalue weighted by atomic mass is 14.3. The summed E-state index contributed by atoms with van der Waals surface area (Å²) < 4.78 is 0. The van der Waals surface area contributed by atoms with Crippen molar-refractivity contribution < 1.29 is 0 Å². The first kappa shape index (κ1) is 16.7. The first-order valence-corrected chi connectivity index (χ1v) is 7.76.